The number of unbranched alkanes of at least 4 members (excludes halogenated alkanes) is 1. The zero-order chi connectivity index (χ0) is 59.7. The van der Waals surface area contributed by atoms with Crippen molar-refractivity contribution in [3.05, 3.63) is 73.8 Å². The molecular weight excluding hydrogens is 1250 g/mol. The molecule has 3 aromatic rings. The van der Waals surface area contributed by atoms with Gasteiger partial charge in [0.05, 0.1) is 62.5 Å². The summed E-state index contributed by atoms with van der Waals surface area (Å²) >= 11 is 1.24. The van der Waals surface area contributed by atoms with E-state index in [9.17, 15) is 61.1 Å². The van der Waals surface area contributed by atoms with Gasteiger partial charge in [-0.25, -0.2) is 9.37 Å². The van der Waals surface area contributed by atoms with Crippen LogP contribution in [0.3, 0.4) is 0 Å². The number of aliphatic carboxylic acids is 1. The first-order valence-electron chi connectivity index (χ1n) is 24.3. The SMILES string of the molecule is CCC(C=O)c1cc2n(c(=O)c1COC)Cc1c-2nc2cc(F)c(C)c3c2c1C(N(C)C(=O)C(OCNC)C(F)(F)F)CC3.CNCC(N)=O.NC=O.O=CCC[CH2][Pb].O=CCNC(=O)C(CNCC(=O)O)N1C(=O)C=CC1=O. The van der Waals surface area contributed by atoms with E-state index in [0.29, 0.717) is 74.2 Å². The third kappa shape index (κ3) is 18.4. The van der Waals surface area contributed by atoms with Crippen molar-refractivity contribution in [2.24, 2.45) is 11.5 Å². The van der Waals surface area contributed by atoms with Crippen molar-refractivity contribution in [1.29, 1.82) is 0 Å². The van der Waals surface area contributed by atoms with Crippen LogP contribution in [0.5, 0.6) is 0 Å². The molecule has 6 rings (SSSR count). The van der Waals surface area contributed by atoms with E-state index < -0.39 is 79.0 Å². The summed E-state index contributed by atoms with van der Waals surface area (Å²) in [5.41, 5.74) is 12.5. The Morgan fingerprint density at radius 1 is 1.03 bits per heavy atom. The molecule has 0 bridgehead atoms. The fourth-order valence-corrected chi connectivity index (χ4v) is 9.30. The molecule has 0 spiro atoms. The van der Waals surface area contributed by atoms with Crippen molar-refractivity contribution in [2.75, 3.05) is 61.2 Å². The second-order valence-electron chi connectivity index (χ2n) is 17.3. The molecular formula is C50H65F4N10O14Pb. The first kappa shape index (κ1) is 68.4. The zero-order valence-corrected chi connectivity index (χ0v) is 48.2. The monoisotopic (exact) mass is 1310 g/mol. The number of likely N-dealkylation sites (N-methyl/N-ethyl adjacent to an activating group) is 2. The Morgan fingerprint density at radius 3 is 2.15 bits per heavy atom. The largest absolute Gasteiger partial charge is 0.480 e. The van der Waals surface area contributed by atoms with Crippen LogP contribution in [0.25, 0.3) is 22.3 Å². The van der Waals surface area contributed by atoms with Gasteiger partial charge in [-0.2, -0.15) is 13.2 Å². The Labute approximate surface area is 467 Å². The number of halogens is 4. The summed E-state index contributed by atoms with van der Waals surface area (Å²) in [6, 6.07) is 0.935. The molecule has 6 amide bonds. The number of imide groups is 1. The van der Waals surface area contributed by atoms with Crippen LogP contribution in [0.1, 0.15) is 77.9 Å². The van der Waals surface area contributed by atoms with Crippen LogP contribution in [-0.4, -0.2) is 190 Å². The van der Waals surface area contributed by atoms with E-state index in [2.05, 4.69) is 27.0 Å². The van der Waals surface area contributed by atoms with E-state index in [1.54, 1.807) is 20.0 Å². The smallest absolute Gasteiger partial charge is 0.317 e. The number of aldehydes is 3. The number of fused-ring (bicyclic) bond motifs is 4. The average molecular weight is 1310 g/mol. The molecule has 4 unspecified atom stereocenters. The summed E-state index contributed by atoms with van der Waals surface area (Å²) in [4.78, 5) is 129. The van der Waals surface area contributed by atoms with Crippen LogP contribution in [0.2, 0.25) is 3.98 Å². The third-order valence-corrected chi connectivity index (χ3v) is 13.4. The molecule has 24 nitrogen and oxygen atoms in total. The number of alkyl halides is 3. The average Bonchev–Trinajstić information content (AvgIpc) is 4.14. The minimum absolute atomic E-state index is 0.0305. The maximum absolute atomic E-state index is 15.1. The van der Waals surface area contributed by atoms with Gasteiger partial charge in [-0.3, -0.25) is 48.6 Å². The van der Waals surface area contributed by atoms with E-state index in [0.717, 1.165) is 42.5 Å². The molecule has 2 aromatic heterocycles. The fraction of sp³-hybridized carbons (Fsp3) is 0.480. The molecule has 3 radical (unpaired) electrons. The molecule has 4 heterocycles. The predicted molar refractivity (Wildman–Crippen MR) is 277 cm³/mol. The molecule has 431 valence electrons. The molecule has 0 fully saturated rings. The summed E-state index contributed by atoms with van der Waals surface area (Å²) < 4.78 is 70.0. The Hall–Kier alpha value is -6.74. The number of nitrogens with one attached hydrogen (secondary N) is 4. The van der Waals surface area contributed by atoms with Gasteiger partial charge in [-0.1, -0.05) is 6.92 Å². The molecule has 1 aromatic carbocycles. The van der Waals surface area contributed by atoms with E-state index in [1.807, 2.05) is 6.92 Å². The van der Waals surface area contributed by atoms with E-state index in [4.69, 9.17) is 30.1 Å². The fourth-order valence-electron chi connectivity index (χ4n) is 8.50. The van der Waals surface area contributed by atoms with Crippen molar-refractivity contribution < 1.29 is 80.1 Å². The molecule has 9 N–H and O–H groups in total. The Kier molecular flexibility index (Phi) is 29.1. The number of nitrogens with two attached hydrogens (primary N) is 2. The number of aromatic nitrogens is 2. The summed E-state index contributed by atoms with van der Waals surface area (Å²) in [5, 5.41) is 18.8. The summed E-state index contributed by atoms with van der Waals surface area (Å²) in [6.07, 6.45) is -0.350. The number of hydrogen-bond acceptors (Lipinski definition) is 17. The molecule has 0 saturated heterocycles. The van der Waals surface area contributed by atoms with Gasteiger partial charge in [0, 0.05) is 61.4 Å². The van der Waals surface area contributed by atoms with Crippen LogP contribution >= 0.6 is 0 Å². The van der Waals surface area contributed by atoms with Crippen molar-refractivity contribution in [3.63, 3.8) is 0 Å². The minimum Gasteiger partial charge on any atom is -0.480 e. The number of primary amides is 2. The first-order valence-corrected chi connectivity index (χ1v) is 27.0. The number of rotatable bonds is 23. The number of carboxylic acids is 1. The first-order chi connectivity index (χ1) is 37.5. The van der Waals surface area contributed by atoms with Crippen LogP contribution in [-0.2, 0) is 77.0 Å². The maximum Gasteiger partial charge on any atom is 0.317 e. The molecule has 2 aliphatic heterocycles. The van der Waals surface area contributed by atoms with E-state index in [-0.39, 0.29) is 62.6 Å². The van der Waals surface area contributed by atoms with Crippen molar-refractivity contribution in [3.8, 4) is 11.4 Å². The number of ether oxygens (including phenoxy) is 2. The van der Waals surface area contributed by atoms with Gasteiger partial charge in [-0.05, 0) is 68.6 Å². The van der Waals surface area contributed by atoms with Gasteiger partial charge in [0.2, 0.25) is 24.3 Å². The number of amides is 6. The van der Waals surface area contributed by atoms with Gasteiger partial charge in [0.1, 0.15) is 24.4 Å². The molecule has 0 saturated carbocycles. The summed E-state index contributed by atoms with van der Waals surface area (Å²) in [7, 11) is 5.82. The molecule has 3 aliphatic rings. The minimum atomic E-state index is -4.96. The van der Waals surface area contributed by atoms with Gasteiger partial charge in [0.25, 0.3) is 23.3 Å². The number of pyridine rings is 2. The number of hydrogen-bond donors (Lipinski definition) is 7. The van der Waals surface area contributed by atoms with Gasteiger partial charge in [-0.15, -0.1) is 0 Å². The van der Waals surface area contributed by atoms with Gasteiger partial charge >= 0.3 is 65.8 Å². The second-order valence-corrected chi connectivity index (χ2v) is 19.2. The summed E-state index contributed by atoms with van der Waals surface area (Å²) in [6.45, 7) is 2.31. The standard InChI is InChI=1S/C31H34F4N4O5.C11H13N3O6.C4H7O.C3H8N2O.CH3NO.Pb/c1-6-16(12-40)18-9-24-27-19(11-39(24)29(41)20(18)13-43-5)26-23(38(4)30(42)28(31(33,34)35)44-14-36-3)8-7-17-15(2)21(32)10-22(37-27)25(17)26;15-4-3-13-11(20)7(5-12-6-10(18)19)14-8(16)1-2-9(14)17;1-2-3-4-5;1-5-2-3(4)6;2-1-3;/h9-10,12,16,23,28,36H,6-8,11,13-14H2,1-5H3;1-2,4,7,12H,3,5-6H2,(H,13,20)(H,18,19);4H,1-3H2;5H,2H2,1H3,(H2,4,6);1H,(H2,2,3);. The van der Waals surface area contributed by atoms with Gasteiger partial charge < -0.3 is 61.1 Å². The Balaban J connectivity index is 0.000000500. The third-order valence-electron chi connectivity index (χ3n) is 12.0. The van der Waals surface area contributed by atoms with Crippen molar-refractivity contribution in [2.45, 2.75) is 93.4 Å². The number of carbonyl (C=O) groups excluding carboxylic acids is 9. The molecule has 79 heavy (non-hydrogen) atoms. The topological polar surface area (TPSA) is 351 Å². The van der Waals surface area contributed by atoms with Crippen molar-refractivity contribution in [1.82, 2.24) is 40.6 Å². The van der Waals surface area contributed by atoms with Crippen LogP contribution in [0.4, 0.5) is 17.6 Å². The van der Waals surface area contributed by atoms with Crippen molar-refractivity contribution >= 4 is 97.4 Å². The van der Waals surface area contributed by atoms with E-state index in [1.165, 1.54) is 61.6 Å². The van der Waals surface area contributed by atoms with Gasteiger partial charge in [0.15, 0.2) is 0 Å². The number of carboxylic acid groups (broad SMARTS) is 1. The number of carbonyl (C=O) groups is 10. The number of nitrogens with zero attached hydrogens (tertiary/aromatic N) is 4. The number of aryl methyl sites for hydroxylation is 1. The Morgan fingerprint density at radius 2 is 1.67 bits per heavy atom. The Bertz CT molecular complexity index is 2760. The molecule has 1 aliphatic carbocycles. The number of methoxy groups -OCH3 is 1. The normalized spacial score (nSPS) is 14.7. The van der Waals surface area contributed by atoms with Crippen LogP contribution in [0.15, 0.2) is 29.1 Å². The van der Waals surface area contributed by atoms with E-state index >= 15 is 4.39 Å². The molecule has 29 heteroatoms. The second kappa shape index (κ2) is 33.6. The predicted octanol–water partition coefficient (Wildman–Crippen LogP) is -0.104. The quantitative estimate of drug-likeness (QED) is 0.0127. The maximum atomic E-state index is 15.1. The van der Waals surface area contributed by atoms with Crippen LogP contribution in [0, 0.1) is 12.7 Å². The van der Waals surface area contributed by atoms with Crippen LogP contribution < -0.4 is 38.3 Å². The number of benzene rings is 1. The molecule has 4 atom stereocenters. The zero-order valence-electron chi connectivity index (χ0n) is 44.3. The summed E-state index contributed by atoms with van der Waals surface area (Å²) in [5.74, 6) is -5.86.